The van der Waals surface area contributed by atoms with E-state index >= 15 is 0 Å². The van der Waals surface area contributed by atoms with Crippen molar-refractivity contribution < 1.29 is 19.1 Å². The molecule has 3 aromatic carbocycles. The summed E-state index contributed by atoms with van der Waals surface area (Å²) < 4.78 is 10.6. The van der Waals surface area contributed by atoms with Gasteiger partial charge >= 0.3 is 5.97 Å². The van der Waals surface area contributed by atoms with Crippen LogP contribution in [0.5, 0.6) is 5.75 Å². The molecule has 6 nitrogen and oxygen atoms in total. The number of thioether (sulfide) groups is 1. The van der Waals surface area contributed by atoms with Crippen LogP contribution >= 0.6 is 11.8 Å². The molecule has 0 atom stereocenters. The molecule has 1 amide bonds. The number of ether oxygens (including phenoxy) is 2. The number of nitrogens with zero attached hydrogens (tertiary/aromatic N) is 1. The minimum atomic E-state index is -0.587. The molecule has 0 saturated heterocycles. The lowest BCUT2D eigenvalue weighted by molar-refractivity contribution is -0.119. The SMILES string of the molecule is COc1ccc(-c2cc(C(=O)OCC(=O)Nc3cccc(SC)c3)c3ccccc3n2)cc1. The molecular weight excluding hydrogens is 436 g/mol. The van der Waals surface area contributed by atoms with Crippen LogP contribution in [-0.4, -0.2) is 36.8 Å². The van der Waals surface area contributed by atoms with Gasteiger partial charge in [0.2, 0.25) is 0 Å². The number of amides is 1. The highest BCUT2D eigenvalue weighted by atomic mass is 32.2. The van der Waals surface area contributed by atoms with E-state index in [2.05, 4.69) is 10.3 Å². The number of para-hydroxylation sites is 1. The van der Waals surface area contributed by atoms with Gasteiger partial charge in [-0.05, 0) is 60.9 Å². The molecule has 7 heteroatoms. The predicted molar refractivity (Wildman–Crippen MR) is 131 cm³/mol. The second-order valence-electron chi connectivity index (χ2n) is 7.16. The van der Waals surface area contributed by atoms with Crippen molar-refractivity contribution in [2.24, 2.45) is 0 Å². The van der Waals surface area contributed by atoms with Crippen molar-refractivity contribution in [1.82, 2.24) is 4.98 Å². The van der Waals surface area contributed by atoms with Crippen LogP contribution in [0.25, 0.3) is 22.2 Å². The van der Waals surface area contributed by atoms with Crippen molar-refractivity contribution in [2.45, 2.75) is 4.90 Å². The molecular formula is C26H22N2O4S. The van der Waals surface area contributed by atoms with Crippen molar-refractivity contribution in [3.8, 4) is 17.0 Å². The van der Waals surface area contributed by atoms with Gasteiger partial charge in [-0.1, -0.05) is 24.3 Å². The van der Waals surface area contributed by atoms with E-state index in [1.54, 1.807) is 31.0 Å². The zero-order valence-corrected chi connectivity index (χ0v) is 19.0. The Balaban J connectivity index is 1.54. The summed E-state index contributed by atoms with van der Waals surface area (Å²) in [6.45, 7) is -0.392. The highest BCUT2D eigenvalue weighted by Crippen LogP contribution is 2.27. The van der Waals surface area contributed by atoms with E-state index in [9.17, 15) is 9.59 Å². The summed E-state index contributed by atoms with van der Waals surface area (Å²) in [7, 11) is 1.60. The third-order valence-corrected chi connectivity index (χ3v) is 5.74. The van der Waals surface area contributed by atoms with E-state index in [0.717, 1.165) is 16.2 Å². The van der Waals surface area contributed by atoms with E-state index in [1.165, 1.54) is 0 Å². The summed E-state index contributed by atoms with van der Waals surface area (Å²) in [5.41, 5.74) is 3.13. The molecule has 0 saturated carbocycles. The lowest BCUT2D eigenvalue weighted by atomic mass is 10.0. The zero-order chi connectivity index (χ0) is 23.2. The lowest BCUT2D eigenvalue weighted by Crippen LogP contribution is -2.21. The molecule has 0 spiro atoms. The Morgan fingerprint density at radius 1 is 0.970 bits per heavy atom. The van der Waals surface area contributed by atoms with E-state index < -0.39 is 18.5 Å². The van der Waals surface area contributed by atoms with Gasteiger partial charge in [-0.2, -0.15) is 0 Å². The average molecular weight is 459 g/mol. The Morgan fingerprint density at radius 3 is 2.52 bits per heavy atom. The highest BCUT2D eigenvalue weighted by Gasteiger charge is 2.17. The number of esters is 1. The number of fused-ring (bicyclic) bond motifs is 1. The second-order valence-corrected chi connectivity index (χ2v) is 8.04. The van der Waals surface area contributed by atoms with Crippen LogP contribution in [0.3, 0.4) is 0 Å². The number of methoxy groups -OCH3 is 1. The first-order chi connectivity index (χ1) is 16.1. The third-order valence-electron chi connectivity index (χ3n) is 5.01. The summed E-state index contributed by atoms with van der Waals surface area (Å²) >= 11 is 1.58. The summed E-state index contributed by atoms with van der Waals surface area (Å²) in [5, 5.41) is 3.42. The van der Waals surface area contributed by atoms with Gasteiger partial charge in [0.05, 0.1) is 23.9 Å². The standard InChI is InChI=1S/C26H22N2O4S/c1-31-19-12-10-17(11-13-19)24-15-22(21-8-3-4-9-23(21)28-24)26(30)32-16-25(29)27-18-6-5-7-20(14-18)33-2/h3-15H,16H2,1-2H3,(H,27,29). The first-order valence-corrected chi connectivity index (χ1v) is 11.4. The largest absolute Gasteiger partial charge is 0.497 e. The Bertz CT molecular complexity index is 1310. The molecule has 0 aliphatic heterocycles. The minimum absolute atomic E-state index is 0.351. The number of aromatic nitrogens is 1. The number of hydrogen-bond donors (Lipinski definition) is 1. The zero-order valence-electron chi connectivity index (χ0n) is 18.2. The molecule has 0 aliphatic carbocycles. The number of rotatable bonds is 7. The monoisotopic (exact) mass is 458 g/mol. The fourth-order valence-corrected chi connectivity index (χ4v) is 3.82. The number of anilines is 1. The molecule has 0 fully saturated rings. The van der Waals surface area contributed by atoms with Gasteiger partial charge in [-0.25, -0.2) is 9.78 Å². The smallest absolute Gasteiger partial charge is 0.339 e. The molecule has 1 heterocycles. The van der Waals surface area contributed by atoms with Crippen LogP contribution in [0.15, 0.2) is 83.8 Å². The molecule has 33 heavy (non-hydrogen) atoms. The van der Waals surface area contributed by atoms with E-state index in [-0.39, 0.29) is 0 Å². The highest BCUT2D eigenvalue weighted by molar-refractivity contribution is 7.98. The second kappa shape index (κ2) is 10.2. The van der Waals surface area contributed by atoms with Gasteiger partial charge in [-0.3, -0.25) is 4.79 Å². The van der Waals surface area contributed by atoms with E-state index in [0.29, 0.717) is 27.8 Å². The fourth-order valence-electron chi connectivity index (χ4n) is 3.36. The maximum Gasteiger partial charge on any atom is 0.339 e. The Kier molecular flexibility index (Phi) is 6.90. The third kappa shape index (κ3) is 5.32. The minimum Gasteiger partial charge on any atom is -0.497 e. The summed E-state index contributed by atoms with van der Waals surface area (Å²) in [6, 6.07) is 23.9. The maximum absolute atomic E-state index is 12.9. The molecule has 4 aromatic rings. The van der Waals surface area contributed by atoms with Crippen LogP contribution in [0.4, 0.5) is 5.69 Å². The molecule has 0 aliphatic rings. The van der Waals surface area contributed by atoms with Crippen LogP contribution < -0.4 is 10.1 Å². The predicted octanol–water partition coefficient (Wildman–Crippen LogP) is 5.43. The number of nitrogens with one attached hydrogen (secondary N) is 1. The van der Waals surface area contributed by atoms with Gasteiger partial charge in [0.25, 0.3) is 5.91 Å². The molecule has 0 bridgehead atoms. The fraction of sp³-hybridized carbons (Fsp3) is 0.115. The van der Waals surface area contributed by atoms with Crippen molar-refractivity contribution in [2.75, 3.05) is 25.3 Å². The van der Waals surface area contributed by atoms with Crippen molar-refractivity contribution in [1.29, 1.82) is 0 Å². The molecule has 0 radical (unpaired) electrons. The first-order valence-electron chi connectivity index (χ1n) is 10.2. The number of hydrogen-bond acceptors (Lipinski definition) is 6. The van der Waals surface area contributed by atoms with Gasteiger partial charge in [-0.15, -0.1) is 11.8 Å². The van der Waals surface area contributed by atoms with Crippen molar-refractivity contribution >= 4 is 40.2 Å². The van der Waals surface area contributed by atoms with Gasteiger partial charge in [0, 0.05) is 21.5 Å². The topological polar surface area (TPSA) is 77.5 Å². The molecule has 4 rings (SSSR count). The molecule has 1 N–H and O–H groups in total. The molecule has 1 aromatic heterocycles. The maximum atomic E-state index is 12.9. The first kappa shape index (κ1) is 22.4. The normalized spacial score (nSPS) is 10.6. The van der Waals surface area contributed by atoms with Crippen LogP contribution in [0, 0.1) is 0 Å². The summed E-state index contributed by atoms with van der Waals surface area (Å²) in [5.74, 6) is -0.264. The number of pyridine rings is 1. The van der Waals surface area contributed by atoms with E-state index in [4.69, 9.17) is 9.47 Å². The van der Waals surface area contributed by atoms with Crippen LogP contribution in [0.2, 0.25) is 0 Å². The number of benzene rings is 3. The Labute approximate surface area is 195 Å². The number of carbonyl (C=O) groups is 2. The van der Waals surface area contributed by atoms with Crippen molar-refractivity contribution in [3.05, 3.63) is 84.4 Å². The average Bonchev–Trinajstić information content (AvgIpc) is 2.86. The van der Waals surface area contributed by atoms with Crippen LogP contribution in [-0.2, 0) is 9.53 Å². The van der Waals surface area contributed by atoms with Crippen LogP contribution in [0.1, 0.15) is 10.4 Å². The number of carbonyl (C=O) groups excluding carboxylic acids is 2. The van der Waals surface area contributed by atoms with E-state index in [1.807, 2.05) is 73.0 Å². The molecule has 0 unspecified atom stereocenters. The van der Waals surface area contributed by atoms with Gasteiger partial charge in [0.15, 0.2) is 6.61 Å². The van der Waals surface area contributed by atoms with Gasteiger partial charge in [0.1, 0.15) is 5.75 Å². The lowest BCUT2D eigenvalue weighted by Gasteiger charge is -2.11. The summed E-state index contributed by atoms with van der Waals surface area (Å²) in [4.78, 5) is 31.0. The van der Waals surface area contributed by atoms with Gasteiger partial charge < -0.3 is 14.8 Å². The summed E-state index contributed by atoms with van der Waals surface area (Å²) in [6.07, 6.45) is 1.96. The van der Waals surface area contributed by atoms with Crippen molar-refractivity contribution in [3.63, 3.8) is 0 Å². The molecule has 166 valence electrons. The quantitative estimate of drug-likeness (QED) is 0.294. The Hall–Kier alpha value is -3.84. The Morgan fingerprint density at radius 2 is 1.76 bits per heavy atom.